The van der Waals surface area contributed by atoms with E-state index >= 15 is 0 Å². The Morgan fingerprint density at radius 1 is 1.02 bits per heavy atom. The SMILES string of the molecule is C=C(Cl)/C=C(/Cl)C/C(=C\C)c1cn(CC)c(Cc2ccc(-c3ccc(Oc4ccc(N)c(C(=O)O)c4)cc3)cc2)n1.CC. The van der Waals surface area contributed by atoms with E-state index in [1.807, 2.05) is 51.1 Å². The molecule has 0 unspecified atom stereocenters. The molecule has 8 heteroatoms. The van der Waals surface area contributed by atoms with E-state index in [9.17, 15) is 9.90 Å². The van der Waals surface area contributed by atoms with Crippen molar-refractivity contribution in [1.29, 1.82) is 0 Å². The van der Waals surface area contributed by atoms with Gasteiger partial charge >= 0.3 is 5.97 Å². The van der Waals surface area contributed by atoms with Gasteiger partial charge in [0.05, 0.1) is 11.3 Å². The summed E-state index contributed by atoms with van der Waals surface area (Å²) in [7, 11) is 0. The summed E-state index contributed by atoms with van der Waals surface area (Å²) in [6.45, 7) is 12.6. The first-order chi connectivity index (χ1) is 20.7. The lowest BCUT2D eigenvalue weighted by Crippen LogP contribution is -2.02. The van der Waals surface area contributed by atoms with Crippen LogP contribution in [-0.4, -0.2) is 20.6 Å². The largest absolute Gasteiger partial charge is 0.478 e. The molecule has 0 amide bonds. The molecule has 0 aliphatic heterocycles. The molecule has 0 bridgehead atoms. The number of halogens is 2. The van der Waals surface area contributed by atoms with Gasteiger partial charge in [-0.15, -0.1) is 0 Å². The third-order valence-electron chi connectivity index (χ3n) is 6.54. The minimum absolute atomic E-state index is 0.00883. The van der Waals surface area contributed by atoms with Crippen LogP contribution in [0.5, 0.6) is 11.5 Å². The third-order valence-corrected chi connectivity index (χ3v) is 6.90. The molecule has 0 spiro atoms. The molecule has 4 rings (SSSR count). The van der Waals surface area contributed by atoms with Crippen LogP contribution >= 0.6 is 23.2 Å². The zero-order valence-electron chi connectivity index (χ0n) is 24.9. The Kier molecular flexibility index (Phi) is 12.2. The van der Waals surface area contributed by atoms with Gasteiger partial charge in [-0.05, 0) is 72.5 Å². The van der Waals surface area contributed by atoms with Gasteiger partial charge in [0.15, 0.2) is 0 Å². The Morgan fingerprint density at radius 2 is 1.63 bits per heavy atom. The number of nitrogen functional groups attached to an aromatic ring is 1. The minimum Gasteiger partial charge on any atom is -0.478 e. The van der Waals surface area contributed by atoms with E-state index in [1.165, 1.54) is 12.1 Å². The molecular weight excluding hydrogens is 581 g/mol. The molecule has 224 valence electrons. The van der Waals surface area contributed by atoms with Gasteiger partial charge in [-0.1, -0.05) is 86.1 Å². The summed E-state index contributed by atoms with van der Waals surface area (Å²) in [5, 5.41) is 10.3. The number of aromatic nitrogens is 2. The number of aromatic carboxylic acids is 1. The number of rotatable bonds is 11. The standard InChI is InChI=1S/C33H31Cl2N3O3.C2H6/c1-4-23(18-26(35)16-21(3)34)31-20-38(5-2)32(37-31)17-22-6-8-24(9-7-22)25-10-12-27(13-11-25)41-28-14-15-30(36)29(19-28)33(39)40;1-2/h4,6-16,19-20H,3,5,17-18,36H2,1-2H3,(H,39,40);1-2H3/b23-4+,26-16+;. The van der Waals surface area contributed by atoms with E-state index in [1.54, 1.807) is 12.1 Å². The number of allylic oxidation sites excluding steroid dienone is 5. The Balaban J connectivity index is 0.00000248. The topological polar surface area (TPSA) is 90.4 Å². The molecule has 0 aliphatic carbocycles. The van der Waals surface area contributed by atoms with Crippen molar-refractivity contribution in [3.63, 3.8) is 0 Å². The minimum atomic E-state index is -1.10. The highest BCUT2D eigenvalue weighted by Crippen LogP contribution is 2.29. The average Bonchev–Trinajstić information content (AvgIpc) is 3.40. The molecule has 3 aromatic carbocycles. The lowest BCUT2D eigenvalue weighted by molar-refractivity contribution is 0.0697. The molecule has 1 heterocycles. The number of benzene rings is 3. The van der Waals surface area contributed by atoms with Crippen LogP contribution in [0.2, 0.25) is 0 Å². The molecule has 3 N–H and O–H groups in total. The highest BCUT2D eigenvalue weighted by atomic mass is 35.5. The number of hydrogen-bond acceptors (Lipinski definition) is 4. The number of imidazole rings is 1. The van der Waals surface area contributed by atoms with Crippen LogP contribution in [-0.2, 0) is 13.0 Å². The number of anilines is 1. The molecule has 43 heavy (non-hydrogen) atoms. The van der Waals surface area contributed by atoms with Crippen molar-refractivity contribution < 1.29 is 14.6 Å². The normalized spacial score (nSPS) is 11.5. The zero-order chi connectivity index (χ0) is 31.5. The Hall–Kier alpha value is -4.26. The van der Waals surface area contributed by atoms with Crippen LogP contribution in [0.15, 0.2) is 102 Å². The fraction of sp³-hybridized carbons (Fsp3) is 0.200. The van der Waals surface area contributed by atoms with Gasteiger partial charge in [0.2, 0.25) is 0 Å². The lowest BCUT2D eigenvalue weighted by atomic mass is 10.0. The highest BCUT2D eigenvalue weighted by Gasteiger charge is 2.13. The Labute approximate surface area is 263 Å². The number of carbonyl (C=O) groups is 1. The maximum atomic E-state index is 11.3. The van der Waals surface area contributed by atoms with Crippen LogP contribution in [0.4, 0.5) is 5.69 Å². The molecule has 0 saturated carbocycles. The summed E-state index contributed by atoms with van der Waals surface area (Å²) in [5.41, 5.74) is 11.1. The quantitative estimate of drug-likeness (QED) is 0.129. The van der Waals surface area contributed by atoms with E-state index < -0.39 is 5.97 Å². The van der Waals surface area contributed by atoms with Gasteiger partial charge in [-0.3, -0.25) is 0 Å². The van der Waals surface area contributed by atoms with Gasteiger partial charge in [0, 0.05) is 41.3 Å². The number of hydrogen-bond donors (Lipinski definition) is 2. The van der Waals surface area contributed by atoms with Gasteiger partial charge in [-0.2, -0.15) is 0 Å². The number of aryl methyl sites for hydroxylation is 1. The van der Waals surface area contributed by atoms with Crippen LogP contribution in [0.25, 0.3) is 16.7 Å². The van der Waals surface area contributed by atoms with E-state index in [0.29, 0.717) is 34.4 Å². The van der Waals surface area contributed by atoms with Crippen molar-refractivity contribution in [2.75, 3.05) is 5.73 Å². The maximum Gasteiger partial charge on any atom is 0.337 e. The maximum absolute atomic E-state index is 11.3. The molecule has 4 aromatic rings. The number of ether oxygens (including phenoxy) is 1. The predicted octanol–water partition coefficient (Wildman–Crippen LogP) is 9.93. The molecule has 0 fully saturated rings. The van der Waals surface area contributed by atoms with Crippen LogP contribution in [0, 0.1) is 0 Å². The second kappa shape index (κ2) is 15.8. The van der Waals surface area contributed by atoms with Crippen molar-refractivity contribution in [3.8, 4) is 22.6 Å². The van der Waals surface area contributed by atoms with E-state index in [0.717, 1.165) is 40.3 Å². The fourth-order valence-electron chi connectivity index (χ4n) is 4.40. The molecule has 0 radical (unpaired) electrons. The highest BCUT2D eigenvalue weighted by molar-refractivity contribution is 6.34. The third kappa shape index (κ3) is 9.11. The van der Waals surface area contributed by atoms with E-state index in [-0.39, 0.29) is 11.3 Å². The monoisotopic (exact) mass is 617 g/mol. The summed E-state index contributed by atoms with van der Waals surface area (Å²) in [5.74, 6) is 0.885. The van der Waals surface area contributed by atoms with Crippen molar-refractivity contribution >= 4 is 40.4 Å². The van der Waals surface area contributed by atoms with Gasteiger partial charge in [0.1, 0.15) is 17.3 Å². The second-order valence-corrected chi connectivity index (χ2v) is 10.4. The predicted molar refractivity (Wildman–Crippen MR) is 179 cm³/mol. The van der Waals surface area contributed by atoms with Gasteiger partial charge in [0.25, 0.3) is 0 Å². The smallest absolute Gasteiger partial charge is 0.337 e. The van der Waals surface area contributed by atoms with Crippen molar-refractivity contribution in [1.82, 2.24) is 9.55 Å². The van der Waals surface area contributed by atoms with Crippen LogP contribution in [0.3, 0.4) is 0 Å². The summed E-state index contributed by atoms with van der Waals surface area (Å²) in [6, 6.07) is 20.6. The Bertz CT molecular complexity index is 1620. The van der Waals surface area contributed by atoms with Gasteiger partial charge in [-0.25, -0.2) is 9.78 Å². The number of carboxylic acids is 1. The first kappa shape index (κ1) is 33.2. The summed E-state index contributed by atoms with van der Waals surface area (Å²) in [6.07, 6.45) is 6.97. The fourth-order valence-corrected chi connectivity index (χ4v) is 4.86. The molecular formula is C35H37Cl2N3O3. The number of nitrogens with two attached hydrogens (primary N) is 1. The van der Waals surface area contributed by atoms with Crippen molar-refractivity contribution in [2.45, 2.75) is 47.1 Å². The van der Waals surface area contributed by atoms with Crippen molar-refractivity contribution in [2.24, 2.45) is 0 Å². The van der Waals surface area contributed by atoms with Gasteiger partial charge < -0.3 is 20.1 Å². The summed E-state index contributed by atoms with van der Waals surface area (Å²) >= 11 is 12.2. The number of nitrogens with zero attached hydrogens (tertiary/aromatic N) is 2. The van der Waals surface area contributed by atoms with Crippen LogP contribution in [0.1, 0.15) is 61.6 Å². The average molecular weight is 619 g/mol. The zero-order valence-corrected chi connectivity index (χ0v) is 26.4. The van der Waals surface area contributed by atoms with E-state index in [4.69, 9.17) is 38.7 Å². The van der Waals surface area contributed by atoms with Crippen LogP contribution < -0.4 is 10.5 Å². The Morgan fingerprint density at radius 3 is 2.19 bits per heavy atom. The summed E-state index contributed by atoms with van der Waals surface area (Å²) in [4.78, 5) is 16.3. The first-order valence-corrected chi connectivity index (χ1v) is 14.8. The second-order valence-electron chi connectivity index (χ2n) is 9.41. The lowest BCUT2D eigenvalue weighted by Gasteiger charge is -2.09. The number of carboxylic acid groups (broad SMARTS) is 1. The molecule has 6 nitrogen and oxygen atoms in total. The van der Waals surface area contributed by atoms with Crippen molar-refractivity contribution in [3.05, 3.63) is 124 Å². The van der Waals surface area contributed by atoms with E-state index in [2.05, 4.69) is 48.5 Å². The molecule has 0 aliphatic rings. The molecule has 1 aromatic heterocycles. The molecule has 0 saturated heterocycles. The first-order valence-electron chi connectivity index (χ1n) is 14.1. The molecule has 0 atom stereocenters. The summed E-state index contributed by atoms with van der Waals surface area (Å²) < 4.78 is 7.99.